The van der Waals surface area contributed by atoms with Gasteiger partial charge >= 0.3 is 12.1 Å². The number of ether oxygens (including phenoxy) is 3. The molecule has 2 saturated heterocycles. The maximum atomic E-state index is 11.9. The van der Waals surface area contributed by atoms with Crippen molar-refractivity contribution in [1.82, 2.24) is 4.90 Å². The first-order chi connectivity index (χ1) is 9.11. The summed E-state index contributed by atoms with van der Waals surface area (Å²) in [6, 6.07) is -0.206. The molecule has 0 aromatic carbocycles. The topological polar surface area (TPSA) is 85.3 Å². The number of carboxylic acid groups (broad SMARTS) is 1. The molecule has 19 heavy (non-hydrogen) atoms. The van der Waals surface area contributed by atoms with E-state index in [0.29, 0.717) is 13.2 Å². The Bertz CT molecular complexity index is 371. The number of nitrogens with zero attached hydrogens (tertiary/aromatic N) is 1. The van der Waals surface area contributed by atoms with Crippen LogP contribution >= 0.6 is 0 Å². The molecule has 106 valence electrons. The van der Waals surface area contributed by atoms with E-state index in [2.05, 4.69) is 6.58 Å². The minimum absolute atomic E-state index is 0.123. The molecule has 1 N–H and O–H groups in total. The van der Waals surface area contributed by atoms with Crippen molar-refractivity contribution in [3.63, 3.8) is 0 Å². The Balaban J connectivity index is 2.03. The molecule has 3 atom stereocenters. The summed E-state index contributed by atoms with van der Waals surface area (Å²) < 4.78 is 15.9. The minimum atomic E-state index is -0.957. The Labute approximate surface area is 110 Å². The van der Waals surface area contributed by atoms with Gasteiger partial charge in [0.05, 0.1) is 38.3 Å². The fourth-order valence-corrected chi connectivity index (χ4v) is 2.32. The third-order valence-corrected chi connectivity index (χ3v) is 3.13. The average molecular weight is 271 g/mol. The Morgan fingerprint density at radius 2 is 2.26 bits per heavy atom. The fraction of sp³-hybridized carbons (Fsp3) is 0.667. The largest absolute Gasteiger partial charge is 0.481 e. The normalized spacial score (nSPS) is 29.7. The van der Waals surface area contributed by atoms with Crippen LogP contribution in [0.1, 0.15) is 6.42 Å². The molecule has 2 aliphatic rings. The second-order valence-corrected chi connectivity index (χ2v) is 4.52. The molecule has 0 bridgehead atoms. The zero-order chi connectivity index (χ0) is 13.8. The Kier molecular flexibility index (Phi) is 4.39. The van der Waals surface area contributed by atoms with E-state index in [0.717, 1.165) is 0 Å². The van der Waals surface area contributed by atoms with Crippen molar-refractivity contribution in [3.05, 3.63) is 12.7 Å². The number of aliphatic carboxylic acids is 1. The molecule has 1 amide bonds. The number of carbonyl (C=O) groups excluding carboxylic acids is 1. The van der Waals surface area contributed by atoms with Gasteiger partial charge in [0.1, 0.15) is 12.7 Å². The molecular formula is C12H17NO6. The second kappa shape index (κ2) is 6.03. The molecule has 2 aliphatic heterocycles. The minimum Gasteiger partial charge on any atom is -0.481 e. The van der Waals surface area contributed by atoms with Gasteiger partial charge < -0.3 is 19.3 Å². The lowest BCUT2D eigenvalue weighted by Gasteiger charge is -2.39. The number of rotatable bonds is 4. The summed E-state index contributed by atoms with van der Waals surface area (Å²) in [5, 5.41) is 8.81. The molecular weight excluding hydrogens is 254 g/mol. The van der Waals surface area contributed by atoms with Crippen LogP contribution < -0.4 is 0 Å². The predicted octanol–water partition coefficient (Wildman–Crippen LogP) is 0.252. The number of carbonyl (C=O) groups is 2. The highest BCUT2D eigenvalue weighted by Gasteiger charge is 2.44. The Hall–Kier alpha value is -1.60. The monoisotopic (exact) mass is 271 g/mol. The summed E-state index contributed by atoms with van der Waals surface area (Å²) in [6.45, 7) is 4.55. The summed E-state index contributed by atoms with van der Waals surface area (Å²) >= 11 is 0. The van der Waals surface area contributed by atoms with Gasteiger partial charge in [-0.3, -0.25) is 9.69 Å². The van der Waals surface area contributed by atoms with Gasteiger partial charge in [0.25, 0.3) is 0 Å². The van der Waals surface area contributed by atoms with Crippen LogP contribution in [0.4, 0.5) is 4.79 Å². The quantitative estimate of drug-likeness (QED) is 0.738. The first-order valence-electron chi connectivity index (χ1n) is 6.11. The maximum absolute atomic E-state index is 11.9. The van der Waals surface area contributed by atoms with E-state index in [4.69, 9.17) is 19.3 Å². The van der Waals surface area contributed by atoms with E-state index >= 15 is 0 Å². The second-order valence-electron chi connectivity index (χ2n) is 4.52. The summed E-state index contributed by atoms with van der Waals surface area (Å²) in [5.74, 6) is -0.957. The van der Waals surface area contributed by atoms with E-state index in [1.807, 2.05) is 0 Å². The van der Waals surface area contributed by atoms with Crippen LogP contribution in [0, 0.1) is 0 Å². The SMILES string of the molecule is C=CCOC(=O)N1C[C@@H](CC(=O)O)O[C@H]2COC[C@@H]21. The average Bonchev–Trinajstić information content (AvgIpc) is 2.82. The number of hydrogen-bond acceptors (Lipinski definition) is 5. The van der Waals surface area contributed by atoms with Gasteiger partial charge in [-0.15, -0.1) is 0 Å². The van der Waals surface area contributed by atoms with Crippen molar-refractivity contribution < 1.29 is 28.9 Å². The van der Waals surface area contributed by atoms with Crippen molar-refractivity contribution in [2.75, 3.05) is 26.4 Å². The van der Waals surface area contributed by atoms with Gasteiger partial charge in [-0.05, 0) is 0 Å². The molecule has 7 nitrogen and oxygen atoms in total. The summed E-state index contributed by atoms with van der Waals surface area (Å²) in [6.07, 6.45) is 0.0367. The van der Waals surface area contributed by atoms with Gasteiger partial charge in [0.15, 0.2) is 0 Å². The third-order valence-electron chi connectivity index (χ3n) is 3.13. The number of fused-ring (bicyclic) bond motifs is 1. The Morgan fingerprint density at radius 1 is 1.47 bits per heavy atom. The molecule has 0 spiro atoms. The number of hydrogen-bond donors (Lipinski definition) is 1. The van der Waals surface area contributed by atoms with Crippen LogP contribution in [0.15, 0.2) is 12.7 Å². The summed E-state index contributed by atoms with van der Waals surface area (Å²) in [7, 11) is 0. The van der Waals surface area contributed by atoms with Crippen LogP contribution in [-0.2, 0) is 19.0 Å². The van der Waals surface area contributed by atoms with Crippen molar-refractivity contribution in [2.45, 2.75) is 24.7 Å². The van der Waals surface area contributed by atoms with Crippen LogP contribution in [0.2, 0.25) is 0 Å². The molecule has 7 heteroatoms. The molecule has 2 heterocycles. The number of carboxylic acids is 1. The van der Waals surface area contributed by atoms with Gasteiger partial charge in [-0.25, -0.2) is 4.79 Å². The zero-order valence-electron chi connectivity index (χ0n) is 10.5. The highest BCUT2D eigenvalue weighted by Crippen LogP contribution is 2.25. The van der Waals surface area contributed by atoms with Crippen molar-refractivity contribution in [3.8, 4) is 0 Å². The molecule has 2 fully saturated rings. The lowest BCUT2D eigenvalue weighted by Crippen LogP contribution is -2.57. The first kappa shape index (κ1) is 13.8. The maximum Gasteiger partial charge on any atom is 0.410 e. The van der Waals surface area contributed by atoms with Gasteiger partial charge in [-0.2, -0.15) is 0 Å². The van der Waals surface area contributed by atoms with Gasteiger partial charge in [-0.1, -0.05) is 12.7 Å². The first-order valence-corrected chi connectivity index (χ1v) is 6.11. The standard InChI is InChI=1S/C12H17NO6/c1-2-3-18-12(16)13-5-8(4-11(14)15)19-10-7-17-6-9(10)13/h2,8-10H,1,3-7H2,(H,14,15)/t8-,9+,10+/m1/s1. The predicted molar refractivity (Wildman–Crippen MR) is 63.8 cm³/mol. The van der Waals surface area contributed by atoms with Gasteiger partial charge in [0, 0.05) is 0 Å². The van der Waals surface area contributed by atoms with Gasteiger partial charge in [0.2, 0.25) is 0 Å². The van der Waals surface area contributed by atoms with Crippen LogP contribution in [-0.4, -0.2) is 66.7 Å². The summed E-state index contributed by atoms with van der Waals surface area (Å²) in [5.41, 5.74) is 0. The van der Waals surface area contributed by atoms with Crippen LogP contribution in [0.3, 0.4) is 0 Å². The molecule has 0 aromatic heterocycles. The summed E-state index contributed by atoms with van der Waals surface area (Å²) in [4.78, 5) is 24.2. The highest BCUT2D eigenvalue weighted by atomic mass is 16.6. The number of amides is 1. The van der Waals surface area contributed by atoms with Crippen LogP contribution in [0.5, 0.6) is 0 Å². The highest BCUT2D eigenvalue weighted by molar-refractivity contribution is 5.70. The molecule has 0 radical (unpaired) electrons. The van der Waals surface area contributed by atoms with E-state index in [9.17, 15) is 9.59 Å². The van der Waals surface area contributed by atoms with E-state index in [1.165, 1.54) is 11.0 Å². The molecule has 0 aromatic rings. The zero-order valence-corrected chi connectivity index (χ0v) is 10.5. The third kappa shape index (κ3) is 3.24. The lowest BCUT2D eigenvalue weighted by atomic mass is 10.1. The Morgan fingerprint density at radius 3 is 2.95 bits per heavy atom. The molecule has 0 unspecified atom stereocenters. The van der Waals surface area contributed by atoms with Crippen molar-refractivity contribution >= 4 is 12.1 Å². The lowest BCUT2D eigenvalue weighted by molar-refractivity contribution is -0.146. The van der Waals surface area contributed by atoms with E-state index < -0.39 is 18.2 Å². The van der Waals surface area contributed by atoms with Crippen molar-refractivity contribution in [2.24, 2.45) is 0 Å². The smallest absolute Gasteiger partial charge is 0.410 e. The molecule has 0 saturated carbocycles. The molecule has 0 aliphatic carbocycles. The fourth-order valence-electron chi connectivity index (χ4n) is 2.32. The molecule has 2 rings (SSSR count). The van der Waals surface area contributed by atoms with E-state index in [-0.39, 0.29) is 31.7 Å². The van der Waals surface area contributed by atoms with Crippen LogP contribution in [0.25, 0.3) is 0 Å². The number of morpholine rings is 1. The van der Waals surface area contributed by atoms with Crippen molar-refractivity contribution in [1.29, 1.82) is 0 Å². The van der Waals surface area contributed by atoms with E-state index in [1.54, 1.807) is 0 Å².